The Balaban J connectivity index is 0.000000125. The number of aromatic nitrogens is 2. The highest BCUT2D eigenvalue weighted by Gasteiger charge is 2.64. The maximum absolute atomic E-state index is 6.56. The van der Waals surface area contributed by atoms with Crippen LogP contribution in [-0.4, -0.2) is 63.9 Å². The van der Waals surface area contributed by atoms with Crippen molar-refractivity contribution in [1.29, 1.82) is 0 Å². The van der Waals surface area contributed by atoms with Crippen molar-refractivity contribution < 1.29 is 27.9 Å². The van der Waals surface area contributed by atoms with Gasteiger partial charge in [-0.05, 0) is 209 Å². The fraction of sp³-hybridized carbons (Fsp3) is 0.200. The summed E-state index contributed by atoms with van der Waals surface area (Å²) in [5.74, 6) is 0. The summed E-state index contributed by atoms with van der Waals surface area (Å²) in [4.78, 5) is 0. The molecule has 3 saturated heterocycles. The molecule has 0 amide bonds. The third-order valence-electron chi connectivity index (χ3n) is 26.0. The van der Waals surface area contributed by atoms with E-state index in [2.05, 4.69) is 368 Å². The largest absolute Gasteiger partial charge is 0.494 e. The predicted molar refractivity (Wildman–Crippen MR) is 467 cm³/mol. The van der Waals surface area contributed by atoms with Gasteiger partial charge in [0.2, 0.25) is 0 Å². The van der Waals surface area contributed by atoms with Crippen LogP contribution in [0.5, 0.6) is 0 Å². The van der Waals surface area contributed by atoms with Crippen molar-refractivity contribution in [3.05, 3.63) is 364 Å². The van der Waals surface area contributed by atoms with Gasteiger partial charge in [0, 0.05) is 48.2 Å². The van der Waals surface area contributed by atoms with Crippen LogP contribution in [0.15, 0.2) is 320 Å². The van der Waals surface area contributed by atoms with Crippen LogP contribution in [0, 0.1) is 0 Å². The first-order chi connectivity index (χ1) is 53.9. The normalized spacial score (nSPS) is 18.0. The van der Waals surface area contributed by atoms with Crippen LogP contribution in [0.3, 0.4) is 0 Å². The lowest BCUT2D eigenvalue weighted by molar-refractivity contribution is 0.00578. The molecule has 21 rings (SSSR count). The molecule has 2 aliphatic carbocycles. The van der Waals surface area contributed by atoms with Crippen molar-refractivity contribution in [3.63, 3.8) is 0 Å². The first-order valence-corrected chi connectivity index (χ1v) is 40.1. The summed E-state index contributed by atoms with van der Waals surface area (Å²) in [7, 11) is -1.40. The third kappa shape index (κ3) is 11.0. The molecule has 0 unspecified atom stereocenters. The van der Waals surface area contributed by atoms with Crippen molar-refractivity contribution in [2.75, 3.05) is 0 Å². The second-order valence-corrected chi connectivity index (χ2v) is 34.7. The average Bonchev–Trinajstić information content (AvgIpc) is 1.53. The molecule has 16 aromatic rings. The van der Waals surface area contributed by atoms with Gasteiger partial charge in [0.05, 0.1) is 66.5 Å². The highest BCUT2D eigenvalue weighted by atomic mass is 79.9. The molecule has 5 heterocycles. The maximum Gasteiger partial charge on any atom is 0.494 e. The second-order valence-electron chi connectivity index (χ2n) is 33.8. The molecule has 2 aromatic heterocycles. The number of hydrogen-bond acceptors (Lipinski definition) is 6. The minimum absolute atomic E-state index is 0.360. The lowest BCUT2D eigenvalue weighted by Crippen LogP contribution is -2.41. The molecule has 0 saturated carbocycles. The minimum atomic E-state index is -0.476. The van der Waals surface area contributed by atoms with E-state index in [0.717, 1.165) is 21.1 Å². The first kappa shape index (κ1) is 71.9. The number of rotatable bonds is 8. The molecule has 3 fully saturated rings. The van der Waals surface area contributed by atoms with Gasteiger partial charge in [-0.15, -0.1) is 0 Å². The molecule has 12 heteroatoms. The standard InChI is InChI=1S/C47H38BNO2.C41H26BrN.C12H24B2O4/c1-45(2)46(3,4)51-48(50-45)34-24-27-38-39-26-23-31-15-11-12-20-36(31)44(39)49(43(38)29-34)35-25-28-42-40(30-35)37-21-13-14-22-41(37)47(42,32-16-7-5-8-17-32)33-18-9-6-10-19-33;42-30-20-23-34-35-22-19-27-11-7-8-16-32(27)40(35)43(39(34)25-30)31-21-24-38-36(26-31)33-17-9-10-18-37(33)41(38,28-12-3-1-4-13-28)29-14-5-2-6-15-29;1-9(2)10(3,4)16-13(15-9)14-17-11(5,6)12(7,8)18-14/h5-30H,1-4H3;1-26H;1-8H3. The quantitative estimate of drug-likeness (QED) is 0.141. The Morgan fingerprint density at radius 3 is 0.982 bits per heavy atom. The van der Waals surface area contributed by atoms with Gasteiger partial charge >= 0.3 is 21.1 Å². The smallest absolute Gasteiger partial charge is 0.405 e. The van der Waals surface area contributed by atoms with Crippen molar-refractivity contribution in [1.82, 2.24) is 9.13 Å². The average molecular weight is 1530 g/mol. The van der Waals surface area contributed by atoms with Crippen LogP contribution in [0.25, 0.3) is 98.8 Å². The zero-order valence-electron chi connectivity index (χ0n) is 65.5. The third-order valence-corrected chi connectivity index (χ3v) is 26.5. The van der Waals surface area contributed by atoms with Gasteiger partial charge in [0.15, 0.2) is 0 Å². The summed E-state index contributed by atoms with van der Waals surface area (Å²) in [6.07, 6.45) is 0. The van der Waals surface area contributed by atoms with E-state index in [0.29, 0.717) is 0 Å². The summed E-state index contributed by atoms with van der Waals surface area (Å²) in [5, 5.41) is 9.92. The van der Waals surface area contributed by atoms with E-state index in [1.807, 2.05) is 55.4 Å². The summed E-state index contributed by atoms with van der Waals surface area (Å²) in [6.45, 7) is 24.7. The van der Waals surface area contributed by atoms with E-state index < -0.39 is 43.2 Å². The summed E-state index contributed by atoms with van der Waals surface area (Å²) >= 11 is 3.77. The molecular weight excluding hydrogens is 1440 g/mol. The van der Waals surface area contributed by atoms with Crippen LogP contribution in [-0.2, 0) is 38.8 Å². The Bertz CT molecular complexity index is 6250. The molecule has 0 atom stereocenters. The van der Waals surface area contributed by atoms with E-state index >= 15 is 0 Å². The van der Waals surface area contributed by atoms with Gasteiger partial charge in [-0.2, -0.15) is 0 Å². The van der Waals surface area contributed by atoms with Crippen molar-refractivity contribution in [2.24, 2.45) is 0 Å². The highest BCUT2D eigenvalue weighted by molar-refractivity contribution is 9.10. The van der Waals surface area contributed by atoms with Gasteiger partial charge in [-0.1, -0.05) is 289 Å². The van der Waals surface area contributed by atoms with Crippen molar-refractivity contribution in [3.8, 4) is 33.6 Å². The van der Waals surface area contributed by atoms with E-state index in [-0.39, 0.29) is 22.4 Å². The maximum atomic E-state index is 6.56. The predicted octanol–water partition coefficient (Wildman–Crippen LogP) is 23.9. The molecule has 0 bridgehead atoms. The van der Waals surface area contributed by atoms with Gasteiger partial charge in [0.1, 0.15) is 0 Å². The summed E-state index contributed by atoms with van der Waals surface area (Å²) in [5.41, 5.74) is 20.4. The molecule has 14 aromatic carbocycles. The van der Waals surface area contributed by atoms with Crippen LogP contribution in [0.4, 0.5) is 0 Å². The number of fused-ring (bicyclic) bond motifs is 16. The molecule has 0 N–H and O–H groups in total. The van der Waals surface area contributed by atoms with Crippen LogP contribution in [0.1, 0.15) is 128 Å². The molecule has 112 heavy (non-hydrogen) atoms. The zero-order valence-corrected chi connectivity index (χ0v) is 67.1. The van der Waals surface area contributed by atoms with Crippen molar-refractivity contribution >= 4 is 108 Å². The Labute approximate surface area is 665 Å². The van der Waals surface area contributed by atoms with Crippen LogP contribution in [0.2, 0.25) is 0 Å². The fourth-order valence-corrected chi connectivity index (χ4v) is 18.7. The summed E-state index contributed by atoms with van der Waals surface area (Å²) < 4.78 is 43.0. The molecule has 0 spiro atoms. The Morgan fingerprint density at radius 1 is 0.259 bits per heavy atom. The van der Waals surface area contributed by atoms with Gasteiger partial charge in [0.25, 0.3) is 0 Å². The molecular formula is C100H88B3BrN2O6. The zero-order chi connectivity index (χ0) is 77.1. The molecule has 3 aliphatic heterocycles. The van der Waals surface area contributed by atoms with E-state index in [1.165, 1.54) is 132 Å². The van der Waals surface area contributed by atoms with E-state index in [4.69, 9.17) is 27.9 Å². The van der Waals surface area contributed by atoms with Gasteiger partial charge in [-0.25, -0.2) is 0 Å². The lowest BCUT2D eigenvalue weighted by atomic mass is 9.49. The van der Waals surface area contributed by atoms with E-state index in [1.54, 1.807) is 0 Å². The van der Waals surface area contributed by atoms with Crippen molar-refractivity contribution in [2.45, 2.75) is 128 Å². The molecule has 550 valence electrons. The number of nitrogens with zero attached hydrogens (tertiary/aromatic N) is 2. The molecule has 0 radical (unpaired) electrons. The minimum Gasteiger partial charge on any atom is -0.405 e. The monoisotopic (exact) mass is 1520 g/mol. The topological polar surface area (TPSA) is 65.2 Å². The van der Waals surface area contributed by atoms with Gasteiger partial charge in [-0.3, -0.25) is 0 Å². The summed E-state index contributed by atoms with van der Waals surface area (Å²) in [6, 6.07) is 116. The SMILES string of the molecule is Brc1ccc2c3ccc4ccccc4c3n(-c3ccc4c(c3)-c3ccccc3C4(c3ccccc3)c3ccccc3)c2c1.CC1(C)OB(B2OC(C)(C)C(C)(C)O2)OC1(C)C.CC1(C)OB(c2ccc3c4ccc5ccccc5c4n(-c4ccc5c(c4)-c4ccccc4C5(c4ccccc4)c4ccccc4)c3c2)OC1(C)C. The van der Waals surface area contributed by atoms with Crippen LogP contribution < -0.4 is 5.46 Å². The first-order valence-electron chi connectivity index (χ1n) is 39.3. The fourth-order valence-electron chi connectivity index (χ4n) is 18.4. The second kappa shape index (κ2) is 26.4. The Kier molecular flexibility index (Phi) is 16.9. The van der Waals surface area contributed by atoms with E-state index in [9.17, 15) is 0 Å². The lowest BCUT2D eigenvalue weighted by Gasteiger charge is -2.33. The molecule has 5 aliphatic rings. The number of hydrogen-bond donors (Lipinski definition) is 0. The Hall–Kier alpha value is -10.4. The molecule has 8 nitrogen and oxygen atoms in total. The highest BCUT2D eigenvalue weighted by Crippen LogP contribution is 2.59. The van der Waals surface area contributed by atoms with Crippen LogP contribution >= 0.6 is 15.9 Å². The van der Waals surface area contributed by atoms with Gasteiger partial charge < -0.3 is 37.1 Å². The Morgan fingerprint density at radius 2 is 0.580 bits per heavy atom. The number of benzene rings is 14. The number of halogens is 1.